The minimum atomic E-state index is -4.53. The van der Waals surface area contributed by atoms with Gasteiger partial charge in [0.25, 0.3) is 5.91 Å². The van der Waals surface area contributed by atoms with Crippen molar-refractivity contribution in [3.63, 3.8) is 0 Å². The number of carbonyl (C=O) groups excluding carboxylic acids is 1. The van der Waals surface area contributed by atoms with Crippen molar-refractivity contribution in [2.24, 2.45) is 0 Å². The average Bonchev–Trinajstić information content (AvgIpc) is 3.20. The Kier molecular flexibility index (Phi) is 5.90. The lowest BCUT2D eigenvalue weighted by atomic mass is 9.95. The van der Waals surface area contributed by atoms with Gasteiger partial charge in [0.15, 0.2) is 6.04 Å². The second-order valence-electron chi connectivity index (χ2n) is 7.75. The highest BCUT2D eigenvalue weighted by molar-refractivity contribution is 5.98. The zero-order valence-electron chi connectivity index (χ0n) is 17.3. The summed E-state index contributed by atoms with van der Waals surface area (Å²) in [5.41, 5.74) is 2.33. The van der Waals surface area contributed by atoms with Crippen LogP contribution in [0.25, 0.3) is 0 Å². The van der Waals surface area contributed by atoms with Gasteiger partial charge in [-0.25, -0.2) is 9.07 Å². The van der Waals surface area contributed by atoms with Gasteiger partial charge in [0.2, 0.25) is 0 Å². The summed E-state index contributed by atoms with van der Waals surface area (Å²) in [5, 5.41) is 9.55. The predicted molar refractivity (Wildman–Crippen MR) is 112 cm³/mol. The molecule has 0 unspecified atom stereocenters. The Morgan fingerprint density at radius 2 is 1.94 bits per heavy atom. The highest BCUT2D eigenvalue weighted by Crippen LogP contribution is 2.44. The molecule has 0 saturated heterocycles. The zero-order valence-corrected chi connectivity index (χ0v) is 17.3. The molecule has 0 saturated carbocycles. The Bertz CT molecular complexity index is 1110. The molecule has 1 aromatic heterocycles. The Hall–Kier alpha value is -3.36. The number of carbonyl (C=O) groups is 1. The van der Waals surface area contributed by atoms with Crippen LogP contribution in [-0.2, 0) is 13.0 Å². The van der Waals surface area contributed by atoms with E-state index >= 15 is 0 Å². The average molecular weight is 446 g/mol. The molecule has 2 N–H and O–H groups in total. The van der Waals surface area contributed by atoms with E-state index in [1.165, 1.54) is 18.2 Å². The van der Waals surface area contributed by atoms with Crippen molar-refractivity contribution >= 4 is 11.7 Å². The van der Waals surface area contributed by atoms with Crippen LogP contribution in [0.4, 0.5) is 23.4 Å². The van der Waals surface area contributed by atoms with Crippen LogP contribution in [0.3, 0.4) is 0 Å². The van der Waals surface area contributed by atoms with Crippen molar-refractivity contribution in [1.82, 2.24) is 15.1 Å². The molecule has 9 heteroatoms. The molecule has 4 rings (SSSR count). The Labute approximate surface area is 182 Å². The van der Waals surface area contributed by atoms with Crippen LogP contribution < -0.4 is 10.6 Å². The lowest BCUT2D eigenvalue weighted by Gasteiger charge is -2.34. The molecule has 0 radical (unpaired) electrons. The summed E-state index contributed by atoms with van der Waals surface area (Å²) in [6.45, 7) is 2.03. The number of halogens is 4. The van der Waals surface area contributed by atoms with E-state index in [0.29, 0.717) is 11.1 Å². The third-order valence-corrected chi connectivity index (χ3v) is 5.62. The fourth-order valence-electron chi connectivity index (χ4n) is 3.86. The Balaban J connectivity index is 1.61. The summed E-state index contributed by atoms with van der Waals surface area (Å²) in [6, 6.07) is 10.6. The number of fused-ring (bicyclic) bond motifs is 1. The van der Waals surface area contributed by atoms with Crippen molar-refractivity contribution in [3.8, 4) is 0 Å². The van der Waals surface area contributed by atoms with Gasteiger partial charge in [-0.2, -0.15) is 18.3 Å². The SMILES string of the molecule is CCc1ccc([C@@H]2C[C@H](C(F)(F)F)n3ncc(C(=O)NCc4cccc(F)c4)c3N2)cc1. The summed E-state index contributed by atoms with van der Waals surface area (Å²) in [7, 11) is 0. The molecule has 168 valence electrons. The van der Waals surface area contributed by atoms with Crippen LogP contribution >= 0.6 is 0 Å². The summed E-state index contributed by atoms with van der Waals surface area (Å²) >= 11 is 0. The lowest BCUT2D eigenvalue weighted by Crippen LogP contribution is -2.36. The largest absolute Gasteiger partial charge is 0.410 e. The highest BCUT2D eigenvalue weighted by Gasteiger charge is 2.47. The molecule has 3 aromatic rings. The molecule has 2 aromatic carbocycles. The van der Waals surface area contributed by atoms with E-state index in [4.69, 9.17) is 0 Å². The topological polar surface area (TPSA) is 59.0 Å². The van der Waals surface area contributed by atoms with Gasteiger partial charge in [0, 0.05) is 13.0 Å². The van der Waals surface area contributed by atoms with Gasteiger partial charge in [-0.05, 0) is 35.2 Å². The van der Waals surface area contributed by atoms with E-state index in [0.717, 1.165) is 22.9 Å². The first-order chi connectivity index (χ1) is 15.3. The molecule has 5 nitrogen and oxygen atoms in total. The number of nitrogens with one attached hydrogen (secondary N) is 2. The van der Waals surface area contributed by atoms with Crippen LogP contribution in [0.1, 0.15) is 52.5 Å². The van der Waals surface area contributed by atoms with Crippen LogP contribution in [0.15, 0.2) is 54.7 Å². The van der Waals surface area contributed by atoms with Crippen LogP contribution in [-0.4, -0.2) is 21.9 Å². The van der Waals surface area contributed by atoms with Gasteiger partial charge >= 0.3 is 6.18 Å². The number of benzene rings is 2. The first-order valence-corrected chi connectivity index (χ1v) is 10.3. The second kappa shape index (κ2) is 8.64. The first kappa shape index (κ1) is 21.9. The first-order valence-electron chi connectivity index (χ1n) is 10.3. The Morgan fingerprint density at radius 1 is 1.19 bits per heavy atom. The number of amides is 1. The van der Waals surface area contributed by atoms with Gasteiger partial charge in [-0.1, -0.05) is 43.3 Å². The maximum atomic E-state index is 13.8. The molecule has 0 spiro atoms. The molecule has 1 amide bonds. The Morgan fingerprint density at radius 3 is 2.59 bits per heavy atom. The number of rotatable bonds is 5. The standard InChI is InChI=1S/C23H22F4N4O/c1-2-14-6-8-16(9-7-14)19-11-20(23(25,26)27)31-21(30-19)18(13-29-31)22(32)28-12-15-4-3-5-17(24)10-15/h3-10,13,19-20,30H,2,11-12H2,1H3,(H,28,32)/t19-,20+/m0/s1. The molecular weight excluding hydrogens is 424 g/mol. The molecule has 32 heavy (non-hydrogen) atoms. The predicted octanol–water partition coefficient (Wildman–Crippen LogP) is 5.17. The maximum absolute atomic E-state index is 13.8. The quantitative estimate of drug-likeness (QED) is 0.532. The van der Waals surface area contributed by atoms with Crippen LogP contribution in [0.5, 0.6) is 0 Å². The monoisotopic (exact) mass is 446 g/mol. The van der Waals surface area contributed by atoms with E-state index in [1.807, 2.05) is 19.1 Å². The summed E-state index contributed by atoms with van der Waals surface area (Å²) < 4.78 is 55.6. The number of nitrogens with zero attached hydrogens (tertiary/aromatic N) is 2. The fourth-order valence-corrected chi connectivity index (χ4v) is 3.86. The van der Waals surface area contributed by atoms with Gasteiger partial charge in [-0.15, -0.1) is 0 Å². The van der Waals surface area contributed by atoms with E-state index < -0.39 is 30.0 Å². The normalized spacial score (nSPS) is 18.0. The van der Waals surface area contributed by atoms with Crippen molar-refractivity contribution in [1.29, 1.82) is 0 Å². The van der Waals surface area contributed by atoms with Crippen molar-refractivity contribution < 1.29 is 22.4 Å². The smallest absolute Gasteiger partial charge is 0.363 e. The fraction of sp³-hybridized carbons (Fsp3) is 0.304. The molecule has 0 fully saturated rings. The van der Waals surface area contributed by atoms with Gasteiger partial charge < -0.3 is 10.6 Å². The van der Waals surface area contributed by atoms with Gasteiger partial charge in [0.1, 0.15) is 17.2 Å². The highest BCUT2D eigenvalue weighted by atomic mass is 19.4. The third kappa shape index (κ3) is 4.46. The summed E-state index contributed by atoms with van der Waals surface area (Å²) in [6.07, 6.45) is -2.82. The number of alkyl halides is 3. The molecule has 0 bridgehead atoms. The number of hydrogen-bond donors (Lipinski definition) is 2. The number of anilines is 1. The lowest BCUT2D eigenvalue weighted by molar-refractivity contribution is -0.173. The molecule has 0 aliphatic carbocycles. The zero-order chi connectivity index (χ0) is 22.9. The molecule has 2 heterocycles. The molecule has 1 aliphatic rings. The van der Waals surface area contributed by atoms with E-state index in [9.17, 15) is 22.4 Å². The number of aryl methyl sites for hydroxylation is 1. The number of aromatic nitrogens is 2. The minimum absolute atomic E-state index is 0.00512. The van der Waals surface area contributed by atoms with E-state index in [2.05, 4.69) is 15.7 Å². The molecular formula is C23H22F4N4O. The molecule has 2 atom stereocenters. The van der Waals surface area contributed by atoms with Crippen molar-refractivity contribution in [3.05, 3.63) is 82.8 Å². The third-order valence-electron chi connectivity index (χ3n) is 5.62. The van der Waals surface area contributed by atoms with E-state index in [1.54, 1.807) is 18.2 Å². The summed E-state index contributed by atoms with van der Waals surface area (Å²) in [5.74, 6) is -1.02. The maximum Gasteiger partial charge on any atom is 0.410 e. The summed E-state index contributed by atoms with van der Waals surface area (Å²) in [4.78, 5) is 12.7. The molecule has 1 aliphatic heterocycles. The van der Waals surface area contributed by atoms with E-state index in [-0.39, 0.29) is 24.3 Å². The van der Waals surface area contributed by atoms with Crippen molar-refractivity contribution in [2.75, 3.05) is 5.32 Å². The van der Waals surface area contributed by atoms with Gasteiger partial charge in [-0.3, -0.25) is 4.79 Å². The van der Waals surface area contributed by atoms with Gasteiger partial charge in [0.05, 0.1) is 12.2 Å². The number of hydrogen-bond acceptors (Lipinski definition) is 3. The minimum Gasteiger partial charge on any atom is -0.363 e. The second-order valence-corrected chi connectivity index (χ2v) is 7.75. The van der Waals surface area contributed by atoms with Crippen LogP contribution in [0.2, 0.25) is 0 Å². The van der Waals surface area contributed by atoms with Crippen molar-refractivity contribution in [2.45, 2.75) is 44.6 Å². The van der Waals surface area contributed by atoms with Crippen LogP contribution in [0, 0.1) is 5.82 Å².